The zero-order valence-corrected chi connectivity index (χ0v) is 11.5. The standard InChI is InChI=1S/C8H10BrCl3O2/c1-7(2)3-4(13)14-6(5(7)9)8(10,11)12/h5-6H,3H2,1-2H3. The summed E-state index contributed by atoms with van der Waals surface area (Å²) >= 11 is 20.6. The van der Waals surface area contributed by atoms with E-state index in [4.69, 9.17) is 39.5 Å². The van der Waals surface area contributed by atoms with Crippen molar-refractivity contribution in [3.63, 3.8) is 0 Å². The summed E-state index contributed by atoms with van der Waals surface area (Å²) in [5, 5.41) is 0. The van der Waals surface area contributed by atoms with Crippen molar-refractivity contribution < 1.29 is 9.53 Å². The van der Waals surface area contributed by atoms with Crippen LogP contribution >= 0.6 is 50.7 Å². The predicted molar refractivity (Wildman–Crippen MR) is 61.3 cm³/mol. The molecule has 14 heavy (non-hydrogen) atoms. The topological polar surface area (TPSA) is 26.3 Å². The molecule has 82 valence electrons. The Kier molecular flexibility index (Phi) is 3.69. The fraction of sp³-hybridized carbons (Fsp3) is 0.875. The van der Waals surface area contributed by atoms with Crippen LogP contribution < -0.4 is 0 Å². The molecule has 0 aliphatic carbocycles. The molecule has 2 atom stereocenters. The molecule has 2 nitrogen and oxygen atoms in total. The van der Waals surface area contributed by atoms with Gasteiger partial charge in [-0.15, -0.1) is 0 Å². The van der Waals surface area contributed by atoms with Gasteiger partial charge in [-0.3, -0.25) is 4.79 Å². The first-order chi connectivity index (χ1) is 6.14. The van der Waals surface area contributed by atoms with Crippen LogP contribution in [-0.2, 0) is 9.53 Å². The molecule has 0 amide bonds. The smallest absolute Gasteiger partial charge is 0.306 e. The van der Waals surface area contributed by atoms with Gasteiger partial charge in [-0.1, -0.05) is 64.6 Å². The number of halogens is 4. The SMILES string of the molecule is CC1(C)CC(=O)OC(C(Cl)(Cl)Cl)C1Br. The van der Waals surface area contributed by atoms with Crippen LogP contribution in [0.15, 0.2) is 0 Å². The lowest BCUT2D eigenvalue weighted by atomic mass is 9.81. The van der Waals surface area contributed by atoms with E-state index >= 15 is 0 Å². The van der Waals surface area contributed by atoms with Crippen molar-refractivity contribution >= 4 is 56.7 Å². The third-order valence-electron chi connectivity index (χ3n) is 2.19. The molecule has 0 bridgehead atoms. The Balaban J connectivity index is 2.92. The number of carbonyl (C=O) groups is 1. The van der Waals surface area contributed by atoms with E-state index < -0.39 is 9.90 Å². The van der Waals surface area contributed by atoms with Crippen LogP contribution in [0.5, 0.6) is 0 Å². The molecule has 0 aromatic carbocycles. The molecule has 0 spiro atoms. The van der Waals surface area contributed by atoms with Crippen molar-refractivity contribution in [2.45, 2.75) is 35.0 Å². The van der Waals surface area contributed by atoms with Gasteiger partial charge in [0.15, 0.2) is 6.10 Å². The molecule has 1 rings (SSSR count). The summed E-state index contributed by atoms with van der Waals surface area (Å²) in [7, 11) is 0. The van der Waals surface area contributed by atoms with Crippen LogP contribution in [-0.4, -0.2) is 20.7 Å². The zero-order valence-electron chi connectivity index (χ0n) is 7.69. The number of rotatable bonds is 0. The second kappa shape index (κ2) is 4.00. The van der Waals surface area contributed by atoms with Gasteiger partial charge < -0.3 is 4.74 Å². The van der Waals surface area contributed by atoms with E-state index in [1.165, 1.54) is 0 Å². The average Bonchev–Trinajstić information content (AvgIpc) is 1.93. The minimum atomic E-state index is -1.60. The fourth-order valence-electron chi connectivity index (χ4n) is 1.36. The summed E-state index contributed by atoms with van der Waals surface area (Å²) in [4.78, 5) is 11.1. The molecule has 1 aliphatic rings. The predicted octanol–water partition coefficient (Wildman–Crippen LogP) is 3.46. The minimum Gasteiger partial charge on any atom is -0.457 e. The van der Waals surface area contributed by atoms with Gasteiger partial charge in [0.25, 0.3) is 0 Å². The molecule has 1 fully saturated rings. The molecule has 0 N–H and O–H groups in total. The van der Waals surface area contributed by atoms with Gasteiger partial charge in [0.1, 0.15) is 0 Å². The van der Waals surface area contributed by atoms with E-state index in [0.717, 1.165) is 0 Å². The van der Waals surface area contributed by atoms with Gasteiger partial charge in [0.2, 0.25) is 3.79 Å². The Hall–Kier alpha value is 0.820. The van der Waals surface area contributed by atoms with Crippen molar-refractivity contribution in [2.24, 2.45) is 5.41 Å². The fourth-order valence-corrected chi connectivity index (χ4v) is 2.99. The third kappa shape index (κ3) is 2.69. The first kappa shape index (κ1) is 12.9. The number of carbonyl (C=O) groups excluding carboxylic acids is 1. The Morgan fingerprint density at radius 2 is 2.00 bits per heavy atom. The maximum atomic E-state index is 11.3. The second-order valence-electron chi connectivity index (χ2n) is 4.02. The number of hydrogen-bond acceptors (Lipinski definition) is 2. The largest absolute Gasteiger partial charge is 0.457 e. The van der Waals surface area contributed by atoms with Crippen LogP contribution in [0.4, 0.5) is 0 Å². The van der Waals surface area contributed by atoms with Crippen LogP contribution in [0.2, 0.25) is 0 Å². The number of cyclic esters (lactones) is 1. The minimum absolute atomic E-state index is 0.166. The highest BCUT2D eigenvalue weighted by Gasteiger charge is 2.51. The summed E-state index contributed by atoms with van der Waals surface area (Å²) in [5.41, 5.74) is -0.274. The molecule has 0 aromatic rings. The average molecular weight is 324 g/mol. The molecular formula is C8H10BrCl3O2. The van der Waals surface area contributed by atoms with Crippen LogP contribution in [0.1, 0.15) is 20.3 Å². The summed E-state index contributed by atoms with van der Waals surface area (Å²) in [6, 6.07) is 0. The lowest BCUT2D eigenvalue weighted by Gasteiger charge is -2.42. The number of alkyl halides is 4. The van der Waals surface area contributed by atoms with Crippen LogP contribution in [0, 0.1) is 5.41 Å². The number of ether oxygens (including phenoxy) is 1. The zero-order chi connectivity index (χ0) is 11.1. The highest BCUT2D eigenvalue weighted by molar-refractivity contribution is 9.09. The molecule has 0 aromatic heterocycles. The van der Waals surface area contributed by atoms with Crippen LogP contribution in [0.25, 0.3) is 0 Å². The van der Waals surface area contributed by atoms with Crippen molar-refractivity contribution in [3.05, 3.63) is 0 Å². The summed E-state index contributed by atoms with van der Waals surface area (Å²) in [6.07, 6.45) is -0.427. The number of hydrogen-bond donors (Lipinski definition) is 0. The summed E-state index contributed by atoms with van der Waals surface area (Å²) in [6.45, 7) is 3.85. The quantitative estimate of drug-likeness (QED) is 0.504. The molecule has 1 heterocycles. The van der Waals surface area contributed by atoms with Gasteiger partial charge in [0, 0.05) is 0 Å². The van der Waals surface area contributed by atoms with E-state index in [-0.39, 0.29) is 16.2 Å². The Labute approximate surface area is 106 Å². The lowest BCUT2D eigenvalue weighted by Crippen LogP contribution is -2.50. The molecule has 1 aliphatic heterocycles. The Morgan fingerprint density at radius 3 is 2.43 bits per heavy atom. The van der Waals surface area contributed by atoms with E-state index in [2.05, 4.69) is 15.9 Å². The van der Waals surface area contributed by atoms with Gasteiger partial charge >= 0.3 is 5.97 Å². The number of esters is 1. The van der Waals surface area contributed by atoms with Crippen molar-refractivity contribution in [3.8, 4) is 0 Å². The van der Waals surface area contributed by atoms with Gasteiger partial charge in [-0.05, 0) is 5.41 Å². The van der Waals surface area contributed by atoms with Gasteiger partial charge in [-0.2, -0.15) is 0 Å². The van der Waals surface area contributed by atoms with Crippen molar-refractivity contribution in [2.75, 3.05) is 0 Å². The van der Waals surface area contributed by atoms with Gasteiger partial charge in [-0.25, -0.2) is 0 Å². The van der Waals surface area contributed by atoms with E-state index in [9.17, 15) is 4.79 Å². The molecule has 1 saturated heterocycles. The maximum Gasteiger partial charge on any atom is 0.306 e. The first-order valence-electron chi connectivity index (χ1n) is 4.05. The van der Waals surface area contributed by atoms with E-state index in [1.54, 1.807) is 0 Å². The van der Waals surface area contributed by atoms with E-state index in [1.807, 2.05) is 13.8 Å². The highest BCUT2D eigenvalue weighted by Crippen LogP contribution is 2.46. The Bertz CT molecular complexity index is 249. The van der Waals surface area contributed by atoms with Crippen molar-refractivity contribution in [1.82, 2.24) is 0 Å². The molecule has 0 radical (unpaired) electrons. The summed E-state index contributed by atoms with van der Waals surface area (Å²) in [5.74, 6) is -0.331. The monoisotopic (exact) mass is 322 g/mol. The maximum absolute atomic E-state index is 11.3. The molecule has 2 unspecified atom stereocenters. The second-order valence-corrected chi connectivity index (χ2v) is 7.37. The third-order valence-corrected chi connectivity index (χ3v) is 4.56. The Morgan fingerprint density at radius 1 is 1.50 bits per heavy atom. The molecule has 6 heteroatoms. The van der Waals surface area contributed by atoms with Gasteiger partial charge in [0.05, 0.1) is 11.2 Å². The van der Waals surface area contributed by atoms with E-state index in [0.29, 0.717) is 6.42 Å². The lowest BCUT2D eigenvalue weighted by molar-refractivity contribution is -0.158. The first-order valence-corrected chi connectivity index (χ1v) is 6.10. The normalized spacial score (nSPS) is 32.6. The van der Waals surface area contributed by atoms with Crippen LogP contribution in [0.3, 0.4) is 0 Å². The summed E-state index contributed by atoms with van der Waals surface area (Å²) < 4.78 is 3.42. The molecular weight excluding hydrogens is 314 g/mol. The highest BCUT2D eigenvalue weighted by atomic mass is 79.9. The molecule has 0 saturated carbocycles. The van der Waals surface area contributed by atoms with Crippen molar-refractivity contribution in [1.29, 1.82) is 0 Å².